The number of anilines is 1. The van der Waals surface area contributed by atoms with Crippen molar-refractivity contribution in [2.45, 2.75) is 19.3 Å². The van der Waals surface area contributed by atoms with Gasteiger partial charge in [-0.15, -0.1) is 11.3 Å². The molecule has 0 spiro atoms. The summed E-state index contributed by atoms with van der Waals surface area (Å²) in [7, 11) is 0. The van der Waals surface area contributed by atoms with Crippen molar-refractivity contribution in [2.75, 3.05) is 18.0 Å². The van der Waals surface area contributed by atoms with Crippen LogP contribution < -0.4 is 16.1 Å². The fourth-order valence-electron chi connectivity index (χ4n) is 2.89. The first kappa shape index (κ1) is 14.1. The van der Waals surface area contributed by atoms with Crippen molar-refractivity contribution in [2.24, 2.45) is 0 Å². The molecular weight excluding hydrogens is 314 g/mol. The van der Waals surface area contributed by atoms with Crippen LogP contribution in [0, 0.1) is 0 Å². The number of aromatic nitrogens is 4. The molecule has 3 aromatic rings. The Bertz CT molecular complexity index is 954. The molecule has 23 heavy (non-hydrogen) atoms. The first-order valence-electron chi connectivity index (χ1n) is 7.55. The molecule has 0 atom stereocenters. The summed E-state index contributed by atoms with van der Waals surface area (Å²) < 4.78 is 0. The van der Waals surface area contributed by atoms with Crippen molar-refractivity contribution >= 4 is 28.3 Å². The van der Waals surface area contributed by atoms with Crippen LogP contribution in [0.3, 0.4) is 0 Å². The van der Waals surface area contributed by atoms with Gasteiger partial charge in [0.1, 0.15) is 11.1 Å². The van der Waals surface area contributed by atoms with Gasteiger partial charge in [0, 0.05) is 13.1 Å². The summed E-state index contributed by atoms with van der Waals surface area (Å²) in [5.74, 6) is 0.571. The van der Waals surface area contributed by atoms with Crippen LogP contribution in [-0.2, 0) is 0 Å². The predicted octanol–water partition coefficient (Wildman–Crippen LogP) is 1.73. The van der Waals surface area contributed by atoms with E-state index in [1.54, 1.807) is 0 Å². The molecule has 2 N–H and O–H groups in total. The number of rotatable bonds is 2. The van der Waals surface area contributed by atoms with Gasteiger partial charge in [-0.1, -0.05) is 6.07 Å². The molecule has 7 nitrogen and oxygen atoms in total. The van der Waals surface area contributed by atoms with Crippen LogP contribution in [0.5, 0.6) is 0 Å². The van der Waals surface area contributed by atoms with Gasteiger partial charge in [-0.2, -0.15) is 4.98 Å². The van der Waals surface area contributed by atoms with Gasteiger partial charge < -0.3 is 4.90 Å². The summed E-state index contributed by atoms with van der Waals surface area (Å²) in [6, 6.07) is 3.82. The highest BCUT2D eigenvalue weighted by molar-refractivity contribution is 7.13. The second kappa shape index (κ2) is 5.62. The molecule has 0 unspecified atom stereocenters. The molecule has 4 heterocycles. The van der Waals surface area contributed by atoms with Crippen molar-refractivity contribution < 1.29 is 0 Å². The zero-order chi connectivity index (χ0) is 15.8. The van der Waals surface area contributed by atoms with E-state index in [1.807, 2.05) is 17.5 Å². The van der Waals surface area contributed by atoms with Crippen molar-refractivity contribution in [3.8, 4) is 10.6 Å². The monoisotopic (exact) mass is 329 g/mol. The molecular formula is C15H15N5O2S. The second-order valence-corrected chi connectivity index (χ2v) is 6.48. The smallest absolute Gasteiger partial charge is 0.327 e. The number of hydrogen-bond donors (Lipinski definition) is 2. The standard InChI is InChI=1S/C15H15N5O2S/c21-13-10-11(9-5-4-8-23-9)16-14(20-6-2-1-3-7-20)17-12(10)18-15(22)19-13/h4-5,8H,1-3,6-7H2,(H2,16,17,18,19,21,22). The maximum absolute atomic E-state index is 12.2. The van der Waals surface area contributed by atoms with Crippen molar-refractivity contribution in [1.82, 2.24) is 19.9 Å². The SMILES string of the molecule is O=c1[nH]c(=O)c2c(-c3cccs3)nc(N3CCCCC3)nc2[nH]1. The summed E-state index contributed by atoms with van der Waals surface area (Å²) in [5, 5.41) is 2.26. The number of aromatic amines is 2. The van der Waals surface area contributed by atoms with Crippen LogP contribution in [-0.4, -0.2) is 33.0 Å². The highest BCUT2D eigenvalue weighted by atomic mass is 32.1. The van der Waals surface area contributed by atoms with E-state index in [1.165, 1.54) is 17.8 Å². The summed E-state index contributed by atoms with van der Waals surface area (Å²) >= 11 is 1.51. The van der Waals surface area contributed by atoms with E-state index in [-0.39, 0.29) is 5.65 Å². The molecule has 0 aromatic carbocycles. The number of hydrogen-bond acceptors (Lipinski definition) is 6. The van der Waals surface area contributed by atoms with Gasteiger partial charge in [0.05, 0.1) is 4.88 Å². The lowest BCUT2D eigenvalue weighted by Gasteiger charge is -2.27. The third kappa shape index (κ3) is 2.55. The van der Waals surface area contributed by atoms with E-state index in [0.29, 0.717) is 17.0 Å². The van der Waals surface area contributed by atoms with Gasteiger partial charge in [0.2, 0.25) is 5.95 Å². The summed E-state index contributed by atoms with van der Waals surface area (Å²) in [4.78, 5) is 40.8. The molecule has 0 amide bonds. The number of nitrogens with zero attached hydrogens (tertiary/aromatic N) is 3. The number of fused-ring (bicyclic) bond motifs is 1. The molecule has 0 saturated carbocycles. The molecule has 0 radical (unpaired) electrons. The molecule has 3 aromatic heterocycles. The molecule has 0 bridgehead atoms. The average molecular weight is 329 g/mol. The third-order valence-electron chi connectivity index (χ3n) is 3.98. The lowest BCUT2D eigenvalue weighted by Crippen LogP contribution is -2.32. The first-order valence-corrected chi connectivity index (χ1v) is 8.43. The minimum atomic E-state index is -0.553. The topological polar surface area (TPSA) is 94.7 Å². The quantitative estimate of drug-likeness (QED) is 0.746. The molecule has 8 heteroatoms. The van der Waals surface area contributed by atoms with Crippen molar-refractivity contribution in [3.05, 3.63) is 38.4 Å². The fourth-order valence-corrected chi connectivity index (χ4v) is 3.61. The summed E-state index contributed by atoms with van der Waals surface area (Å²) in [6.45, 7) is 1.78. The van der Waals surface area contributed by atoms with Crippen molar-refractivity contribution in [3.63, 3.8) is 0 Å². The van der Waals surface area contributed by atoms with Crippen LogP contribution in [0.15, 0.2) is 27.1 Å². The largest absolute Gasteiger partial charge is 0.341 e. The number of H-pyrrole nitrogens is 2. The first-order chi connectivity index (χ1) is 11.2. The summed E-state index contributed by atoms with van der Waals surface area (Å²) in [5.41, 5.74) is -0.152. The Hall–Kier alpha value is -2.48. The number of thiophene rings is 1. The molecule has 0 aliphatic carbocycles. The van der Waals surface area contributed by atoms with E-state index in [0.717, 1.165) is 30.8 Å². The Kier molecular flexibility index (Phi) is 3.45. The highest BCUT2D eigenvalue weighted by Gasteiger charge is 2.19. The normalized spacial score (nSPS) is 15.2. The van der Waals surface area contributed by atoms with Crippen LogP contribution in [0.2, 0.25) is 0 Å². The van der Waals surface area contributed by atoms with Crippen LogP contribution >= 0.6 is 11.3 Å². The zero-order valence-corrected chi connectivity index (χ0v) is 13.2. The molecule has 118 valence electrons. The van der Waals surface area contributed by atoms with Crippen LogP contribution in [0.4, 0.5) is 5.95 Å². The van der Waals surface area contributed by atoms with Gasteiger partial charge in [-0.05, 0) is 30.7 Å². The van der Waals surface area contributed by atoms with Gasteiger partial charge >= 0.3 is 5.69 Å². The molecule has 4 rings (SSSR count). The highest BCUT2D eigenvalue weighted by Crippen LogP contribution is 2.29. The predicted molar refractivity (Wildman–Crippen MR) is 90.2 cm³/mol. The third-order valence-corrected chi connectivity index (χ3v) is 4.85. The lowest BCUT2D eigenvalue weighted by atomic mass is 10.1. The van der Waals surface area contributed by atoms with E-state index >= 15 is 0 Å². The summed E-state index contributed by atoms with van der Waals surface area (Å²) in [6.07, 6.45) is 3.40. The minimum Gasteiger partial charge on any atom is -0.341 e. The number of piperidine rings is 1. The Labute approximate surface area is 135 Å². The van der Waals surface area contributed by atoms with E-state index in [9.17, 15) is 9.59 Å². The number of nitrogens with one attached hydrogen (secondary N) is 2. The Morgan fingerprint density at radius 1 is 1.09 bits per heavy atom. The lowest BCUT2D eigenvalue weighted by molar-refractivity contribution is 0.569. The Morgan fingerprint density at radius 3 is 2.65 bits per heavy atom. The maximum atomic E-state index is 12.2. The van der Waals surface area contributed by atoms with Gasteiger partial charge in [-0.25, -0.2) is 9.78 Å². The van der Waals surface area contributed by atoms with Crippen LogP contribution in [0.1, 0.15) is 19.3 Å². The van der Waals surface area contributed by atoms with E-state index in [4.69, 9.17) is 0 Å². The van der Waals surface area contributed by atoms with Gasteiger partial charge in [0.15, 0.2) is 5.65 Å². The minimum absolute atomic E-state index is 0.290. The Balaban J connectivity index is 2.00. The van der Waals surface area contributed by atoms with Gasteiger partial charge in [0.25, 0.3) is 5.56 Å². The second-order valence-electron chi connectivity index (χ2n) is 5.53. The maximum Gasteiger partial charge on any atom is 0.327 e. The van der Waals surface area contributed by atoms with Gasteiger partial charge in [-0.3, -0.25) is 14.8 Å². The van der Waals surface area contributed by atoms with Crippen molar-refractivity contribution in [1.29, 1.82) is 0 Å². The average Bonchev–Trinajstić information content (AvgIpc) is 3.08. The van der Waals surface area contributed by atoms with Crippen LogP contribution in [0.25, 0.3) is 21.6 Å². The molecule has 1 fully saturated rings. The zero-order valence-electron chi connectivity index (χ0n) is 12.3. The molecule has 1 aliphatic heterocycles. The van der Waals surface area contributed by atoms with E-state index in [2.05, 4.69) is 24.8 Å². The molecule has 1 aliphatic rings. The van der Waals surface area contributed by atoms with E-state index < -0.39 is 11.2 Å². The molecule has 1 saturated heterocycles. The Morgan fingerprint density at radius 2 is 1.91 bits per heavy atom. The fraction of sp³-hybridized carbons (Fsp3) is 0.333.